The molecule has 2 atom stereocenters. The number of nitrogens with one attached hydrogen (secondary N) is 2. The van der Waals surface area contributed by atoms with Gasteiger partial charge < -0.3 is 10.6 Å². The lowest BCUT2D eigenvalue weighted by Crippen LogP contribution is -2.43. The van der Waals surface area contributed by atoms with Crippen LogP contribution in [0.4, 0.5) is 11.5 Å². The summed E-state index contributed by atoms with van der Waals surface area (Å²) in [4.78, 5) is 0. The molecule has 5 aromatic carbocycles. The Morgan fingerprint density at radius 2 is 1.51 bits per heavy atom. The van der Waals surface area contributed by atoms with Crippen LogP contribution in [0.5, 0.6) is 0 Å². The first-order valence-corrected chi connectivity index (χ1v) is 16.7. The predicted molar refractivity (Wildman–Crippen MR) is 188 cm³/mol. The summed E-state index contributed by atoms with van der Waals surface area (Å²) in [6.07, 6.45) is 6.95. The van der Waals surface area contributed by atoms with Crippen molar-refractivity contribution in [1.82, 2.24) is 4.40 Å². The molecule has 0 spiro atoms. The summed E-state index contributed by atoms with van der Waals surface area (Å²) in [6.45, 7) is 0. The summed E-state index contributed by atoms with van der Waals surface area (Å²) in [6, 6.07) is 34.9. The molecular formula is C38H25N3S2. The van der Waals surface area contributed by atoms with Crippen LogP contribution in [0.3, 0.4) is 0 Å². The first kappa shape index (κ1) is 22.9. The van der Waals surface area contributed by atoms with Crippen LogP contribution < -0.4 is 10.6 Å². The molecule has 2 N–H and O–H groups in total. The molecule has 43 heavy (non-hydrogen) atoms. The summed E-state index contributed by atoms with van der Waals surface area (Å²) in [5.41, 5.74) is 6.44. The largest absolute Gasteiger partial charge is 0.373 e. The van der Waals surface area contributed by atoms with Crippen LogP contribution in [0.1, 0.15) is 12.8 Å². The van der Waals surface area contributed by atoms with Gasteiger partial charge >= 0.3 is 0 Å². The topological polar surface area (TPSA) is 28.5 Å². The molecule has 1 aliphatic carbocycles. The van der Waals surface area contributed by atoms with Crippen LogP contribution in [0, 0.1) is 0 Å². The van der Waals surface area contributed by atoms with Crippen molar-refractivity contribution >= 4 is 102 Å². The van der Waals surface area contributed by atoms with Crippen LogP contribution in [0.2, 0.25) is 0 Å². The van der Waals surface area contributed by atoms with E-state index in [1.807, 2.05) is 22.7 Å². The predicted octanol–water partition coefficient (Wildman–Crippen LogP) is 11.0. The fourth-order valence-electron chi connectivity index (χ4n) is 7.99. The van der Waals surface area contributed by atoms with E-state index in [4.69, 9.17) is 0 Å². The number of anilines is 2. The van der Waals surface area contributed by atoms with Crippen LogP contribution in [0.25, 0.3) is 78.7 Å². The molecule has 0 bridgehead atoms. The second-order valence-electron chi connectivity index (χ2n) is 12.1. The van der Waals surface area contributed by atoms with Crippen LogP contribution >= 0.6 is 22.7 Å². The maximum atomic E-state index is 4.01. The minimum absolute atomic E-state index is 0.324. The fraction of sp³-hybridized carbons (Fsp3) is 0.105. The molecule has 2 aliphatic rings. The molecule has 3 nitrogen and oxygen atoms in total. The van der Waals surface area contributed by atoms with Gasteiger partial charge in [0.05, 0.1) is 28.8 Å². The average Bonchev–Trinajstić information content (AvgIpc) is 3.79. The van der Waals surface area contributed by atoms with E-state index in [1.165, 1.54) is 90.2 Å². The molecule has 11 rings (SSSR count). The number of nitrogens with zero attached hydrogens (tertiary/aromatic N) is 1. The summed E-state index contributed by atoms with van der Waals surface area (Å²) in [7, 11) is 0. The van der Waals surface area contributed by atoms with E-state index >= 15 is 0 Å². The highest BCUT2D eigenvalue weighted by Gasteiger charge is 2.33. The minimum Gasteiger partial charge on any atom is -0.373 e. The number of hydrogen-bond donors (Lipinski definition) is 2. The summed E-state index contributed by atoms with van der Waals surface area (Å²) >= 11 is 3.82. The van der Waals surface area contributed by atoms with Crippen LogP contribution in [-0.2, 0) is 0 Å². The number of allylic oxidation sites excluding steroid dienone is 1. The van der Waals surface area contributed by atoms with Crippen molar-refractivity contribution in [3.05, 3.63) is 103 Å². The van der Waals surface area contributed by atoms with Crippen molar-refractivity contribution in [2.75, 3.05) is 10.6 Å². The van der Waals surface area contributed by atoms with Gasteiger partial charge in [-0.25, -0.2) is 0 Å². The van der Waals surface area contributed by atoms with Crippen LogP contribution in [-0.4, -0.2) is 16.5 Å². The van der Waals surface area contributed by atoms with Crippen LogP contribution in [0.15, 0.2) is 103 Å². The molecule has 0 radical (unpaired) electrons. The van der Waals surface area contributed by atoms with E-state index in [0.717, 1.165) is 12.8 Å². The monoisotopic (exact) mass is 587 g/mol. The molecule has 0 saturated carbocycles. The van der Waals surface area contributed by atoms with E-state index in [-0.39, 0.29) is 0 Å². The number of hydrogen-bond acceptors (Lipinski definition) is 4. The zero-order chi connectivity index (χ0) is 27.8. The lowest BCUT2D eigenvalue weighted by atomic mass is 9.94. The Hall–Kier alpha value is -4.58. The summed E-state index contributed by atoms with van der Waals surface area (Å²) in [5, 5.41) is 17.4. The molecule has 5 heteroatoms. The van der Waals surface area contributed by atoms with Gasteiger partial charge in [0.1, 0.15) is 5.82 Å². The first-order chi connectivity index (χ1) is 21.3. The van der Waals surface area contributed by atoms with Crippen molar-refractivity contribution in [3.8, 4) is 11.1 Å². The van der Waals surface area contributed by atoms with Gasteiger partial charge in [0, 0.05) is 56.5 Å². The second-order valence-corrected chi connectivity index (χ2v) is 14.3. The third-order valence-electron chi connectivity index (χ3n) is 9.87. The Bertz CT molecular complexity index is 2650. The Labute approximate surface area is 255 Å². The third-order valence-corrected chi connectivity index (χ3v) is 12.2. The standard InChI is InChI=1S/C38H25N3S2/c1-5-14-30-22(8-1)23-11-7-10-21(37(23)43-30)20-16-17-29-25(18-20)34-33-24-9-2-6-15-31(24)42-32(33)19-26-35-38(41(29)36(26)34)40-28-13-4-3-12-27(28)39-35/h1-3,5-12,14-19,27-28,39-40H,4,13H2. The highest BCUT2D eigenvalue weighted by atomic mass is 32.1. The molecule has 0 fully saturated rings. The SMILES string of the molecule is C1=CC2Nc3c(n4c5ccc(-c6cccc7c6sc6ccccc67)cc5c5c6c(cc3c54)sc3ccccc36)NC2CC1. The molecule has 5 heterocycles. The van der Waals surface area contributed by atoms with E-state index in [1.54, 1.807) is 0 Å². The molecular weight excluding hydrogens is 563 g/mol. The zero-order valence-electron chi connectivity index (χ0n) is 23.1. The number of thiophene rings is 2. The minimum atomic E-state index is 0.324. The fourth-order valence-corrected chi connectivity index (χ4v) is 10.4. The first-order valence-electron chi connectivity index (χ1n) is 15.1. The maximum absolute atomic E-state index is 4.01. The Morgan fingerprint density at radius 3 is 2.44 bits per heavy atom. The second kappa shape index (κ2) is 8.07. The normalized spacial score (nSPS) is 18.3. The van der Waals surface area contributed by atoms with Crippen molar-refractivity contribution in [2.24, 2.45) is 0 Å². The molecule has 9 aromatic rings. The van der Waals surface area contributed by atoms with Crippen molar-refractivity contribution in [1.29, 1.82) is 0 Å². The van der Waals surface area contributed by atoms with Gasteiger partial charge in [0.2, 0.25) is 0 Å². The third kappa shape index (κ3) is 2.89. The number of aromatic nitrogens is 1. The molecule has 204 valence electrons. The lowest BCUT2D eigenvalue weighted by Gasteiger charge is -2.35. The van der Waals surface area contributed by atoms with E-state index in [9.17, 15) is 0 Å². The quantitative estimate of drug-likeness (QED) is 0.187. The Balaban J connectivity index is 1.28. The summed E-state index contributed by atoms with van der Waals surface area (Å²) in [5.74, 6) is 1.22. The van der Waals surface area contributed by atoms with Gasteiger partial charge in [-0.1, -0.05) is 72.8 Å². The van der Waals surface area contributed by atoms with Crippen molar-refractivity contribution in [3.63, 3.8) is 0 Å². The molecule has 0 amide bonds. The smallest absolute Gasteiger partial charge is 0.135 e. The van der Waals surface area contributed by atoms with Gasteiger partial charge in [-0.05, 0) is 54.3 Å². The maximum Gasteiger partial charge on any atom is 0.135 e. The average molecular weight is 588 g/mol. The molecule has 1 aliphatic heterocycles. The van der Waals surface area contributed by atoms with E-state index < -0.39 is 0 Å². The Morgan fingerprint density at radius 1 is 0.674 bits per heavy atom. The lowest BCUT2D eigenvalue weighted by molar-refractivity contribution is 0.586. The van der Waals surface area contributed by atoms with Gasteiger partial charge in [-0.3, -0.25) is 4.40 Å². The Kier molecular flexibility index (Phi) is 4.31. The highest BCUT2D eigenvalue weighted by Crippen LogP contribution is 2.52. The molecule has 4 aromatic heterocycles. The van der Waals surface area contributed by atoms with Crippen molar-refractivity contribution < 1.29 is 0 Å². The van der Waals surface area contributed by atoms with Gasteiger partial charge in [-0.2, -0.15) is 0 Å². The highest BCUT2D eigenvalue weighted by molar-refractivity contribution is 7.26. The number of fused-ring (bicyclic) bond motifs is 14. The van der Waals surface area contributed by atoms with Gasteiger partial charge in [0.15, 0.2) is 0 Å². The number of benzene rings is 5. The summed E-state index contributed by atoms with van der Waals surface area (Å²) < 4.78 is 7.94. The van der Waals surface area contributed by atoms with Gasteiger partial charge in [-0.15, -0.1) is 22.7 Å². The molecule has 0 saturated heterocycles. The molecule has 2 unspecified atom stereocenters. The van der Waals surface area contributed by atoms with Gasteiger partial charge in [0.25, 0.3) is 0 Å². The van der Waals surface area contributed by atoms with E-state index in [2.05, 4.69) is 118 Å². The zero-order valence-corrected chi connectivity index (χ0v) is 24.8. The number of rotatable bonds is 1. The van der Waals surface area contributed by atoms with Crippen molar-refractivity contribution in [2.45, 2.75) is 24.9 Å². The van der Waals surface area contributed by atoms with E-state index in [0.29, 0.717) is 12.1 Å².